The van der Waals surface area contributed by atoms with Gasteiger partial charge in [-0.15, -0.1) is 10.2 Å². The van der Waals surface area contributed by atoms with Gasteiger partial charge in [0.05, 0.1) is 0 Å². The van der Waals surface area contributed by atoms with Crippen molar-refractivity contribution in [1.29, 1.82) is 0 Å². The molecule has 0 saturated carbocycles. The Balaban J connectivity index is 2.11. The van der Waals surface area contributed by atoms with Gasteiger partial charge in [-0.1, -0.05) is 11.6 Å². The molecule has 1 unspecified atom stereocenters. The molecule has 1 aliphatic rings. The van der Waals surface area contributed by atoms with Crippen LogP contribution in [0.25, 0.3) is 0 Å². The Kier molecular flexibility index (Phi) is 3.96. The molecule has 2 heterocycles. The first kappa shape index (κ1) is 11.6. The van der Waals surface area contributed by atoms with Gasteiger partial charge in [0.25, 0.3) is 0 Å². The van der Waals surface area contributed by atoms with Crippen molar-refractivity contribution < 1.29 is 0 Å². The quantitative estimate of drug-likeness (QED) is 0.874. The molecule has 1 fully saturated rings. The van der Waals surface area contributed by atoms with Gasteiger partial charge in [0.2, 0.25) is 0 Å². The molecule has 1 saturated heterocycles. The molecule has 1 N–H and O–H groups in total. The molecule has 0 aliphatic carbocycles. The lowest BCUT2D eigenvalue weighted by atomic mass is 10.1. The van der Waals surface area contributed by atoms with Crippen LogP contribution in [-0.4, -0.2) is 35.9 Å². The molecule has 2 rings (SSSR count). The number of hydrogen-bond donors (Lipinski definition) is 1. The van der Waals surface area contributed by atoms with Crippen molar-refractivity contribution in [2.24, 2.45) is 0 Å². The molecule has 0 radical (unpaired) electrons. The van der Waals surface area contributed by atoms with Gasteiger partial charge in [-0.25, -0.2) is 0 Å². The minimum Gasteiger partial charge on any atom is -0.351 e. The van der Waals surface area contributed by atoms with E-state index >= 15 is 0 Å². The number of rotatable bonds is 3. The molecule has 0 spiro atoms. The van der Waals surface area contributed by atoms with Crippen LogP contribution in [0.2, 0.25) is 5.15 Å². The lowest BCUT2D eigenvalue weighted by molar-refractivity contribution is 0.432. The average Bonchev–Trinajstić information content (AvgIpc) is 2.34. The third-order valence-corrected chi connectivity index (χ3v) is 3.17. The first-order chi connectivity index (χ1) is 7.81. The Morgan fingerprint density at radius 2 is 2.38 bits per heavy atom. The predicted molar refractivity (Wildman–Crippen MR) is 66.0 cm³/mol. The van der Waals surface area contributed by atoms with Crippen LogP contribution in [0.3, 0.4) is 0 Å². The summed E-state index contributed by atoms with van der Waals surface area (Å²) in [6, 6.07) is 4.25. The number of piperidine rings is 1. The largest absolute Gasteiger partial charge is 0.351 e. The zero-order valence-corrected chi connectivity index (χ0v) is 10.2. The van der Waals surface area contributed by atoms with Crippen molar-refractivity contribution in [3.05, 3.63) is 17.3 Å². The van der Waals surface area contributed by atoms with E-state index in [1.807, 2.05) is 6.07 Å². The van der Waals surface area contributed by atoms with Crippen LogP contribution in [0.4, 0.5) is 5.82 Å². The predicted octanol–water partition coefficient (Wildman–Crippen LogP) is 1.71. The highest BCUT2D eigenvalue weighted by atomic mass is 35.5. The monoisotopic (exact) mass is 240 g/mol. The van der Waals surface area contributed by atoms with Gasteiger partial charge in [-0.05, 0) is 38.4 Å². The lowest BCUT2D eigenvalue weighted by Gasteiger charge is -2.34. The standard InChI is InChI=1S/C11H17ClN4/c1-2-16(9-4-3-7-13-8-9)11-6-5-10(12)14-15-11/h5-6,9,13H,2-4,7-8H2,1H3. The van der Waals surface area contributed by atoms with E-state index in [-0.39, 0.29) is 0 Å². The van der Waals surface area contributed by atoms with E-state index in [0.29, 0.717) is 11.2 Å². The second kappa shape index (κ2) is 5.46. The van der Waals surface area contributed by atoms with E-state index in [9.17, 15) is 0 Å². The Labute approximate surface area is 101 Å². The number of likely N-dealkylation sites (N-methyl/N-ethyl adjacent to an activating group) is 1. The summed E-state index contributed by atoms with van der Waals surface area (Å²) >= 11 is 5.74. The number of nitrogens with one attached hydrogen (secondary N) is 1. The molecule has 88 valence electrons. The van der Waals surface area contributed by atoms with Gasteiger partial charge in [0.1, 0.15) is 0 Å². The van der Waals surface area contributed by atoms with Crippen molar-refractivity contribution in [1.82, 2.24) is 15.5 Å². The van der Waals surface area contributed by atoms with Gasteiger partial charge in [0.15, 0.2) is 11.0 Å². The van der Waals surface area contributed by atoms with Crippen LogP contribution in [0.15, 0.2) is 12.1 Å². The highest BCUT2D eigenvalue weighted by molar-refractivity contribution is 6.29. The van der Waals surface area contributed by atoms with Crippen LogP contribution in [-0.2, 0) is 0 Å². The smallest absolute Gasteiger partial charge is 0.151 e. The van der Waals surface area contributed by atoms with Crippen LogP contribution in [0.1, 0.15) is 19.8 Å². The van der Waals surface area contributed by atoms with E-state index in [1.165, 1.54) is 12.8 Å². The molecule has 1 aromatic heterocycles. The second-order valence-electron chi connectivity index (χ2n) is 4.00. The Hall–Kier alpha value is -0.870. The summed E-state index contributed by atoms with van der Waals surface area (Å²) in [6.07, 6.45) is 2.44. The normalized spacial score (nSPS) is 20.8. The maximum atomic E-state index is 5.74. The minimum atomic E-state index is 0.446. The number of anilines is 1. The summed E-state index contributed by atoms with van der Waals surface area (Å²) in [4.78, 5) is 2.29. The maximum absolute atomic E-state index is 5.74. The molecule has 1 atom stereocenters. The summed E-state index contributed by atoms with van der Waals surface area (Å²) in [7, 11) is 0. The van der Waals surface area contributed by atoms with Crippen molar-refractivity contribution in [3.63, 3.8) is 0 Å². The van der Waals surface area contributed by atoms with Crippen LogP contribution < -0.4 is 10.2 Å². The summed E-state index contributed by atoms with van der Waals surface area (Å²) < 4.78 is 0. The highest BCUT2D eigenvalue weighted by Crippen LogP contribution is 2.18. The minimum absolute atomic E-state index is 0.446. The zero-order valence-electron chi connectivity index (χ0n) is 9.49. The fourth-order valence-electron chi connectivity index (χ4n) is 2.17. The maximum Gasteiger partial charge on any atom is 0.151 e. The molecular weight excluding hydrogens is 224 g/mol. The van der Waals surface area contributed by atoms with Crippen LogP contribution in [0.5, 0.6) is 0 Å². The first-order valence-electron chi connectivity index (χ1n) is 5.78. The summed E-state index contributed by atoms with van der Waals surface area (Å²) in [5.74, 6) is 0.917. The van der Waals surface area contributed by atoms with Gasteiger partial charge >= 0.3 is 0 Å². The van der Waals surface area contributed by atoms with E-state index in [0.717, 1.165) is 25.5 Å². The van der Waals surface area contributed by atoms with E-state index in [1.54, 1.807) is 6.07 Å². The van der Waals surface area contributed by atoms with E-state index in [4.69, 9.17) is 11.6 Å². The Bertz CT molecular complexity index is 321. The topological polar surface area (TPSA) is 41.1 Å². The second-order valence-corrected chi connectivity index (χ2v) is 4.39. The zero-order chi connectivity index (χ0) is 11.4. The number of hydrogen-bond acceptors (Lipinski definition) is 4. The van der Waals surface area contributed by atoms with E-state index in [2.05, 4.69) is 27.3 Å². The molecule has 1 aliphatic heterocycles. The van der Waals surface area contributed by atoms with Crippen molar-refractivity contribution in [2.75, 3.05) is 24.5 Å². The summed E-state index contributed by atoms with van der Waals surface area (Å²) in [6.45, 7) is 5.24. The Morgan fingerprint density at radius 3 is 2.94 bits per heavy atom. The SMILES string of the molecule is CCN(c1ccc(Cl)nn1)C1CCCNC1. The van der Waals surface area contributed by atoms with Gasteiger partial charge in [-0.3, -0.25) is 0 Å². The van der Waals surface area contributed by atoms with Gasteiger partial charge in [-0.2, -0.15) is 0 Å². The molecule has 0 aromatic carbocycles. The van der Waals surface area contributed by atoms with Crippen molar-refractivity contribution in [2.45, 2.75) is 25.8 Å². The van der Waals surface area contributed by atoms with Crippen molar-refractivity contribution >= 4 is 17.4 Å². The summed E-state index contributed by atoms with van der Waals surface area (Å²) in [5, 5.41) is 11.9. The molecule has 0 bridgehead atoms. The first-order valence-corrected chi connectivity index (χ1v) is 6.15. The van der Waals surface area contributed by atoms with Crippen molar-refractivity contribution in [3.8, 4) is 0 Å². The fraction of sp³-hybridized carbons (Fsp3) is 0.636. The van der Waals surface area contributed by atoms with Gasteiger partial charge in [0, 0.05) is 19.1 Å². The molecule has 1 aromatic rings. The van der Waals surface area contributed by atoms with Gasteiger partial charge < -0.3 is 10.2 Å². The molecule has 4 nitrogen and oxygen atoms in total. The average molecular weight is 241 g/mol. The number of halogens is 1. The van der Waals surface area contributed by atoms with E-state index < -0.39 is 0 Å². The third kappa shape index (κ3) is 2.62. The molecular formula is C11H17ClN4. The fourth-order valence-corrected chi connectivity index (χ4v) is 2.27. The summed E-state index contributed by atoms with van der Waals surface area (Å²) in [5.41, 5.74) is 0. The lowest BCUT2D eigenvalue weighted by Crippen LogP contribution is -2.46. The number of aromatic nitrogens is 2. The third-order valence-electron chi connectivity index (χ3n) is 2.96. The Morgan fingerprint density at radius 1 is 1.50 bits per heavy atom. The van der Waals surface area contributed by atoms with Crippen LogP contribution in [0, 0.1) is 0 Å². The van der Waals surface area contributed by atoms with Crippen LogP contribution >= 0.6 is 11.6 Å². The molecule has 16 heavy (non-hydrogen) atoms. The number of nitrogens with zero attached hydrogens (tertiary/aromatic N) is 3. The molecule has 5 heteroatoms. The molecule has 0 amide bonds. The highest BCUT2D eigenvalue weighted by Gasteiger charge is 2.20.